The molecule has 3 aromatic rings. The first-order chi connectivity index (χ1) is 12.2. The first-order valence-corrected chi connectivity index (χ1v) is 8.17. The first kappa shape index (κ1) is 16.8. The predicted octanol–water partition coefficient (Wildman–Crippen LogP) is 2.97. The van der Waals surface area contributed by atoms with Crippen molar-refractivity contribution in [3.8, 4) is 11.4 Å². The fourth-order valence-corrected chi connectivity index (χ4v) is 2.38. The van der Waals surface area contributed by atoms with Gasteiger partial charge >= 0.3 is 0 Å². The Bertz CT molecular complexity index is 847. The molecule has 0 aromatic carbocycles. The molecule has 0 aliphatic heterocycles. The second kappa shape index (κ2) is 7.65. The minimum Gasteiger partial charge on any atom is -0.341 e. The molecule has 0 radical (unpaired) electrons. The number of nitrogens with one attached hydrogen (secondary N) is 1. The van der Waals surface area contributed by atoms with Gasteiger partial charge in [0.05, 0.1) is 0 Å². The number of aromatic nitrogens is 4. The average molecular weight is 337 g/mol. The molecule has 1 N–H and O–H groups in total. The number of pyridine rings is 2. The molecule has 7 heteroatoms. The van der Waals surface area contributed by atoms with Crippen LogP contribution in [0.3, 0.4) is 0 Å². The summed E-state index contributed by atoms with van der Waals surface area (Å²) < 4.78 is 5.26. The summed E-state index contributed by atoms with van der Waals surface area (Å²) >= 11 is 0. The third-order valence-corrected chi connectivity index (χ3v) is 3.66. The Morgan fingerprint density at radius 2 is 2.20 bits per heavy atom. The molecule has 0 aliphatic carbocycles. The third-order valence-electron chi connectivity index (χ3n) is 3.66. The number of hydrogen-bond donors (Lipinski definition) is 1. The second-order valence-electron chi connectivity index (χ2n) is 5.68. The summed E-state index contributed by atoms with van der Waals surface area (Å²) in [6, 6.07) is 6.73. The normalized spacial score (nSPS) is 11.9. The molecule has 0 fully saturated rings. The van der Waals surface area contributed by atoms with Crippen molar-refractivity contribution in [3.63, 3.8) is 0 Å². The molecule has 0 saturated heterocycles. The zero-order chi connectivity index (χ0) is 17.6. The lowest BCUT2D eigenvalue weighted by molar-refractivity contribution is 0.0932. The lowest BCUT2D eigenvalue weighted by atomic mass is 10.1. The molecule has 25 heavy (non-hydrogen) atoms. The van der Waals surface area contributed by atoms with Crippen LogP contribution < -0.4 is 5.32 Å². The van der Waals surface area contributed by atoms with E-state index >= 15 is 0 Å². The largest absolute Gasteiger partial charge is 0.341 e. The van der Waals surface area contributed by atoms with Gasteiger partial charge in [-0.2, -0.15) is 4.98 Å². The highest BCUT2D eigenvalue weighted by Crippen LogP contribution is 2.18. The minimum atomic E-state index is -0.409. The highest BCUT2D eigenvalue weighted by Gasteiger charge is 2.18. The second-order valence-corrected chi connectivity index (χ2v) is 5.68. The van der Waals surface area contributed by atoms with Gasteiger partial charge in [0.2, 0.25) is 11.7 Å². The molecular weight excluding hydrogens is 318 g/mol. The van der Waals surface area contributed by atoms with E-state index in [4.69, 9.17) is 4.52 Å². The van der Waals surface area contributed by atoms with Gasteiger partial charge in [-0.3, -0.25) is 14.8 Å². The molecule has 1 amide bonds. The summed E-state index contributed by atoms with van der Waals surface area (Å²) in [4.78, 5) is 25.0. The van der Waals surface area contributed by atoms with E-state index in [9.17, 15) is 4.79 Å². The molecule has 128 valence electrons. The van der Waals surface area contributed by atoms with Crippen LogP contribution in [0.25, 0.3) is 11.4 Å². The Balaban J connectivity index is 1.70. The van der Waals surface area contributed by atoms with E-state index in [1.165, 1.54) is 0 Å². The lowest BCUT2D eigenvalue weighted by Gasteiger charge is -2.10. The van der Waals surface area contributed by atoms with Crippen molar-refractivity contribution < 1.29 is 9.32 Å². The summed E-state index contributed by atoms with van der Waals surface area (Å²) in [5.41, 5.74) is 2.23. The van der Waals surface area contributed by atoms with Gasteiger partial charge in [-0.25, -0.2) is 0 Å². The van der Waals surface area contributed by atoms with Crippen molar-refractivity contribution in [3.05, 3.63) is 60.0 Å². The highest BCUT2D eigenvalue weighted by atomic mass is 16.5. The number of amides is 1. The molecule has 7 nitrogen and oxygen atoms in total. The van der Waals surface area contributed by atoms with Gasteiger partial charge in [0.15, 0.2) is 0 Å². The van der Waals surface area contributed by atoms with Gasteiger partial charge in [0, 0.05) is 35.4 Å². The van der Waals surface area contributed by atoms with Crippen LogP contribution in [0.2, 0.25) is 0 Å². The number of carbonyl (C=O) groups excluding carboxylic acids is 1. The molecule has 0 saturated carbocycles. The van der Waals surface area contributed by atoms with Gasteiger partial charge in [0.1, 0.15) is 6.04 Å². The highest BCUT2D eigenvalue weighted by molar-refractivity contribution is 5.94. The van der Waals surface area contributed by atoms with Crippen LogP contribution in [0.1, 0.15) is 48.3 Å². The summed E-state index contributed by atoms with van der Waals surface area (Å²) in [6.45, 7) is 3.87. The molecule has 0 bridgehead atoms. The topological polar surface area (TPSA) is 93.8 Å². The molecule has 0 spiro atoms. The van der Waals surface area contributed by atoms with E-state index < -0.39 is 6.04 Å². The summed E-state index contributed by atoms with van der Waals surface area (Å²) in [7, 11) is 0. The zero-order valence-corrected chi connectivity index (χ0v) is 14.1. The van der Waals surface area contributed by atoms with Crippen LogP contribution in [-0.2, 0) is 6.42 Å². The monoisotopic (exact) mass is 337 g/mol. The van der Waals surface area contributed by atoms with Crippen LogP contribution in [0, 0.1) is 0 Å². The molecule has 3 heterocycles. The van der Waals surface area contributed by atoms with Crippen molar-refractivity contribution in [2.75, 3.05) is 0 Å². The number of aryl methyl sites for hydroxylation is 1. The van der Waals surface area contributed by atoms with Crippen LogP contribution >= 0.6 is 0 Å². The molecular formula is C18H19N5O2. The molecule has 1 atom stereocenters. The van der Waals surface area contributed by atoms with Crippen LogP contribution in [0.15, 0.2) is 47.4 Å². The van der Waals surface area contributed by atoms with Crippen molar-refractivity contribution >= 4 is 5.91 Å². The fraction of sp³-hybridized carbons (Fsp3) is 0.278. The smallest absolute Gasteiger partial charge is 0.252 e. The number of hydrogen-bond acceptors (Lipinski definition) is 6. The third kappa shape index (κ3) is 4.06. The maximum atomic E-state index is 12.4. The molecule has 0 aliphatic rings. The van der Waals surface area contributed by atoms with E-state index in [1.807, 2.05) is 6.07 Å². The summed E-state index contributed by atoms with van der Waals surface area (Å²) in [5.74, 6) is 0.585. The van der Waals surface area contributed by atoms with Gasteiger partial charge in [-0.05, 0) is 37.6 Å². The quantitative estimate of drug-likeness (QED) is 0.743. The fourth-order valence-electron chi connectivity index (χ4n) is 2.38. The number of carbonyl (C=O) groups is 1. The van der Waals surface area contributed by atoms with E-state index in [0.717, 1.165) is 24.1 Å². The van der Waals surface area contributed by atoms with Crippen LogP contribution in [0.4, 0.5) is 0 Å². The van der Waals surface area contributed by atoms with Crippen LogP contribution in [-0.4, -0.2) is 26.0 Å². The van der Waals surface area contributed by atoms with Gasteiger partial charge < -0.3 is 9.84 Å². The Labute approximate surface area is 145 Å². The summed E-state index contributed by atoms with van der Waals surface area (Å²) in [6.07, 6.45) is 6.80. The zero-order valence-electron chi connectivity index (χ0n) is 14.1. The van der Waals surface area contributed by atoms with Crippen LogP contribution in [0.5, 0.6) is 0 Å². The minimum absolute atomic E-state index is 0.201. The first-order valence-electron chi connectivity index (χ1n) is 8.17. The molecule has 0 unspecified atom stereocenters. The molecule has 3 aromatic heterocycles. The van der Waals surface area contributed by atoms with Gasteiger partial charge in [0.25, 0.3) is 5.91 Å². The van der Waals surface area contributed by atoms with E-state index in [2.05, 4.69) is 32.3 Å². The maximum absolute atomic E-state index is 12.4. The average Bonchev–Trinajstić information content (AvgIpc) is 3.13. The maximum Gasteiger partial charge on any atom is 0.252 e. The van der Waals surface area contributed by atoms with Gasteiger partial charge in [-0.15, -0.1) is 0 Å². The lowest BCUT2D eigenvalue weighted by Crippen LogP contribution is -2.27. The Hall–Kier alpha value is -3.09. The number of rotatable bonds is 6. The number of nitrogens with zero attached hydrogens (tertiary/aromatic N) is 4. The molecule has 3 rings (SSSR count). The Morgan fingerprint density at radius 1 is 1.32 bits per heavy atom. The van der Waals surface area contributed by atoms with Crippen molar-refractivity contribution in [1.82, 2.24) is 25.4 Å². The summed E-state index contributed by atoms with van der Waals surface area (Å²) in [5, 5.41) is 6.81. The SMILES string of the molecule is CCCc1cc(C(=O)N[C@H](C)c2nc(-c3cccnc3)no2)ccn1. The Kier molecular flexibility index (Phi) is 5.13. The van der Waals surface area contributed by atoms with E-state index in [1.54, 1.807) is 43.7 Å². The van der Waals surface area contributed by atoms with E-state index in [-0.39, 0.29) is 5.91 Å². The van der Waals surface area contributed by atoms with Crippen molar-refractivity contribution in [2.24, 2.45) is 0 Å². The standard InChI is InChI=1S/C18H19N5O2/c1-3-5-15-10-13(7-9-20-15)17(24)21-12(2)18-22-16(23-25-18)14-6-4-8-19-11-14/h4,6-12H,3,5H2,1-2H3,(H,21,24)/t12-/m1/s1. The predicted molar refractivity (Wildman–Crippen MR) is 91.6 cm³/mol. The van der Waals surface area contributed by atoms with Crippen molar-refractivity contribution in [1.29, 1.82) is 0 Å². The Morgan fingerprint density at radius 3 is 2.96 bits per heavy atom. The van der Waals surface area contributed by atoms with E-state index in [0.29, 0.717) is 17.3 Å². The van der Waals surface area contributed by atoms with Gasteiger partial charge in [-0.1, -0.05) is 18.5 Å². The van der Waals surface area contributed by atoms with Crippen molar-refractivity contribution in [2.45, 2.75) is 32.7 Å².